The maximum absolute atomic E-state index is 12.2. The lowest BCUT2D eigenvalue weighted by Crippen LogP contribution is -2.12. The number of hydrogen-bond acceptors (Lipinski definition) is 3. The molecule has 0 aliphatic heterocycles. The molecule has 0 amide bonds. The fourth-order valence-electron chi connectivity index (χ4n) is 2.31. The van der Waals surface area contributed by atoms with E-state index in [4.69, 9.17) is 0 Å². The Hall–Kier alpha value is -2.49. The summed E-state index contributed by atoms with van der Waals surface area (Å²) in [6.07, 6.45) is 0.414. The fraction of sp³-hybridized carbons (Fsp3) is 0.188. The average Bonchev–Trinajstić information content (AvgIpc) is 2.92. The summed E-state index contributed by atoms with van der Waals surface area (Å²) in [6, 6.07) is 17.1. The van der Waals surface area contributed by atoms with E-state index in [1.165, 1.54) is 0 Å². The van der Waals surface area contributed by atoms with E-state index in [0.717, 1.165) is 16.6 Å². The lowest BCUT2D eigenvalue weighted by molar-refractivity contribution is 0.0964. The molecule has 3 rings (SSSR count). The SMILES string of the molecule is C[C@@H](CC(=O)c1ccccc1)n1nnc2ccccc21. The van der Waals surface area contributed by atoms with Crippen LogP contribution in [0, 0.1) is 0 Å². The Labute approximate surface area is 117 Å². The van der Waals surface area contributed by atoms with E-state index in [0.29, 0.717) is 6.42 Å². The first-order valence-corrected chi connectivity index (χ1v) is 6.64. The molecule has 3 aromatic rings. The van der Waals surface area contributed by atoms with E-state index in [1.807, 2.05) is 66.2 Å². The molecule has 0 aliphatic rings. The molecule has 0 saturated carbocycles. The normalized spacial score (nSPS) is 12.4. The lowest BCUT2D eigenvalue weighted by Gasteiger charge is -2.11. The highest BCUT2D eigenvalue weighted by Gasteiger charge is 2.15. The van der Waals surface area contributed by atoms with Crippen LogP contribution in [-0.2, 0) is 0 Å². The van der Waals surface area contributed by atoms with Crippen LogP contribution in [0.15, 0.2) is 54.6 Å². The minimum Gasteiger partial charge on any atom is -0.294 e. The third kappa shape index (κ3) is 2.32. The zero-order valence-corrected chi connectivity index (χ0v) is 11.2. The number of aromatic nitrogens is 3. The first kappa shape index (κ1) is 12.5. The van der Waals surface area contributed by atoms with Gasteiger partial charge in [-0.25, -0.2) is 4.68 Å². The molecule has 0 bridgehead atoms. The highest BCUT2D eigenvalue weighted by atomic mass is 16.1. The van der Waals surface area contributed by atoms with E-state index >= 15 is 0 Å². The minimum absolute atomic E-state index is 0.0184. The topological polar surface area (TPSA) is 47.8 Å². The number of carbonyl (C=O) groups is 1. The number of rotatable bonds is 4. The third-order valence-electron chi connectivity index (χ3n) is 3.37. The summed E-state index contributed by atoms with van der Waals surface area (Å²) < 4.78 is 1.82. The van der Waals surface area contributed by atoms with Gasteiger partial charge in [-0.05, 0) is 19.1 Å². The van der Waals surface area contributed by atoms with Crippen LogP contribution in [0.5, 0.6) is 0 Å². The quantitative estimate of drug-likeness (QED) is 0.680. The van der Waals surface area contributed by atoms with Crippen molar-refractivity contribution in [1.82, 2.24) is 15.0 Å². The fourth-order valence-corrected chi connectivity index (χ4v) is 2.31. The Morgan fingerprint density at radius 3 is 2.60 bits per heavy atom. The van der Waals surface area contributed by atoms with Crippen molar-refractivity contribution in [2.45, 2.75) is 19.4 Å². The standard InChI is InChI=1S/C16H15N3O/c1-12(11-16(20)13-7-3-2-4-8-13)19-15-10-6-5-9-14(15)17-18-19/h2-10,12H,11H2,1H3/t12-/m0/s1. The molecule has 0 fully saturated rings. The number of hydrogen-bond donors (Lipinski definition) is 0. The van der Waals surface area contributed by atoms with Crippen molar-refractivity contribution >= 4 is 16.8 Å². The second kappa shape index (κ2) is 5.25. The molecule has 4 nitrogen and oxygen atoms in total. The number of para-hydroxylation sites is 1. The van der Waals surface area contributed by atoms with Crippen molar-refractivity contribution in [2.75, 3.05) is 0 Å². The van der Waals surface area contributed by atoms with Crippen LogP contribution in [0.1, 0.15) is 29.7 Å². The molecule has 0 radical (unpaired) electrons. The first-order chi connectivity index (χ1) is 9.75. The van der Waals surface area contributed by atoms with Gasteiger partial charge in [0.15, 0.2) is 5.78 Å². The molecule has 2 aromatic carbocycles. The number of benzene rings is 2. The number of carbonyl (C=O) groups excluding carboxylic acids is 1. The van der Waals surface area contributed by atoms with Crippen LogP contribution < -0.4 is 0 Å². The average molecular weight is 265 g/mol. The van der Waals surface area contributed by atoms with Crippen LogP contribution in [0.3, 0.4) is 0 Å². The van der Waals surface area contributed by atoms with Gasteiger partial charge in [0.2, 0.25) is 0 Å². The van der Waals surface area contributed by atoms with Crippen molar-refractivity contribution in [3.63, 3.8) is 0 Å². The van der Waals surface area contributed by atoms with Gasteiger partial charge in [0.25, 0.3) is 0 Å². The van der Waals surface area contributed by atoms with Gasteiger partial charge in [0, 0.05) is 12.0 Å². The van der Waals surface area contributed by atoms with Gasteiger partial charge in [-0.2, -0.15) is 0 Å². The zero-order valence-electron chi connectivity index (χ0n) is 11.2. The summed E-state index contributed by atoms with van der Waals surface area (Å²) in [6.45, 7) is 1.99. The number of fused-ring (bicyclic) bond motifs is 1. The monoisotopic (exact) mass is 265 g/mol. The second-order valence-corrected chi connectivity index (χ2v) is 4.87. The predicted octanol–water partition coefficient (Wildman–Crippen LogP) is 3.27. The molecule has 100 valence electrons. The number of Topliss-reactive ketones (excluding diaryl/α,β-unsaturated/α-hetero) is 1. The Bertz CT molecular complexity index is 734. The molecule has 0 unspecified atom stereocenters. The molecular weight excluding hydrogens is 250 g/mol. The number of nitrogens with zero attached hydrogens (tertiary/aromatic N) is 3. The third-order valence-corrected chi connectivity index (χ3v) is 3.37. The molecule has 0 N–H and O–H groups in total. The number of ketones is 1. The summed E-state index contributed by atoms with van der Waals surface area (Å²) >= 11 is 0. The Morgan fingerprint density at radius 2 is 1.80 bits per heavy atom. The highest BCUT2D eigenvalue weighted by molar-refractivity contribution is 5.96. The summed E-state index contributed by atoms with van der Waals surface area (Å²) in [5.74, 6) is 0.123. The molecule has 20 heavy (non-hydrogen) atoms. The van der Waals surface area contributed by atoms with E-state index < -0.39 is 0 Å². The van der Waals surface area contributed by atoms with Crippen LogP contribution in [0.2, 0.25) is 0 Å². The predicted molar refractivity (Wildman–Crippen MR) is 77.6 cm³/mol. The van der Waals surface area contributed by atoms with Crippen molar-refractivity contribution < 1.29 is 4.79 Å². The van der Waals surface area contributed by atoms with Crippen LogP contribution in [0.4, 0.5) is 0 Å². The first-order valence-electron chi connectivity index (χ1n) is 6.64. The van der Waals surface area contributed by atoms with Gasteiger partial charge in [-0.3, -0.25) is 4.79 Å². The highest BCUT2D eigenvalue weighted by Crippen LogP contribution is 2.19. The summed E-state index contributed by atoms with van der Waals surface area (Å²) in [7, 11) is 0. The maximum atomic E-state index is 12.2. The van der Waals surface area contributed by atoms with Gasteiger partial charge < -0.3 is 0 Å². The molecule has 0 aliphatic carbocycles. The molecule has 1 aromatic heterocycles. The molecule has 0 spiro atoms. The Morgan fingerprint density at radius 1 is 1.10 bits per heavy atom. The van der Waals surface area contributed by atoms with Crippen molar-refractivity contribution in [3.05, 3.63) is 60.2 Å². The maximum Gasteiger partial charge on any atom is 0.164 e. The van der Waals surface area contributed by atoms with Gasteiger partial charge in [0.1, 0.15) is 5.52 Å². The van der Waals surface area contributed by atoms with Crippen LogP contribution in [-0.4, -0.2) is 20.8 Å². The summed E-state index contributed by atoms with van der Waals surface area (Å²) in [5.41, 5.74) is 2.55. The molecule has 1 atom stereocenters. The molecule has 4 heteroatoms. The van der Waals surface area contributed by atoms with Crippen molar-refractivity contribution in [3.8, 4) is 0 Å². The summed E-state index contributed by atoms with van der Waals surface area (Å²) in [5, 5.41) is 8.28. The van der Waals surface area contributed by atoms with E-state index in [-0.39, 0.29) is 11.8 Å². The summed E-state index contributed by atoms with van der Waals surface area (Å²) in [4.78, 5) is 12.2. The zero-order chi connectivity index (χ0) is 13.9. The van der Waals surface area contributed by atoms with Gasteiger partial charge in [0.05, 0.1) is 11.6 Å². The molecular formula is C16H15N3O. The van der Waals surface area contributed by atoms with E-state index in [9.17, 15) is 4.79 Å². The van der Waals surface area contributed by atoms with Crippen molar-refractivity contribution in [1.29, 1.82) is 0 Å². The van der Waals surface area contributed by atoms with Crippen molar-refractivity contribution in [2.24, 2.45) is 0 Å². The minimum atomic E-state index is -0.0184. The molecule has 0 saturated heterocycles. The van der Waals surface area contributed by atoms with Gasteiger partial charge in [-0.15, -0.1) is 5.10 Å². The smallest absolute Gasteiger partial charge is 0.164 e. The second-order valence-electron chi connectivity index (χ2n) is 4.87. The molecule has 1 heterocycles. The Kier molecular flexibility index (Phi) is 3.29. The Balaban J connectivity index is 1.83. The van der Waals surface area contributed by atoms with Gasteiger partial charge >= 0.3 is 0 Å². The van der Waals surface area contributed by atoms with E-state index in [2.05, 4.69) is 10.3 Å². The van der Waals surface area contributed by atoms with Crippen LogP contribution >= 0.6 is 0 Å². The van der Waals surface area contributed by atoms with Gasteiger partial charge in [-0.1, -0.05) is 47.7 Å². The van der Waals surface area contributed by atoms with Crippen LogP contribution in [0.25, 0.3) is 11.0 Å². The largest absolute Gasteiger partial charge is 0.294 e. The van der Waals surface area contributed by atoms with E-state index in [1.54, 1.807) is 0 Å². The lowest BCUT2D eigenvalue weighted by atomic mass is 10.0.